The Balaban J connectivity index is 0.807. The number of carbonyl (C=O) groups excluding carboxylic acids is 4. The fraction of sp³-hybridized carbons (Fsp3) is 0.474. The minimum Gasteiger partial charge on any atom is -0.487 e. The molecule has 2 aliphatic heterocycles. The molecule has 18 heteroatoms. The number of halogens is 1. The van der Waals surface area contributed by atoms with Gasteiger partial charge in [-0.25, -0.2) is 19.8 Å². The standard InChI is InChI=1S/C57H70ClN9O7S/c1-37(40-13-15-41(16-14-40)51-38(2)61-36-75-51)62-53(70)49-32-48(74-39(3)68)33-67(49)54(71)52(56(4,5)6)64-50(69)35-72-28-12-10-11-23-65-24-26-66(27-25-65)55-60-22-21-45(63-55)34-73-47-19-17-42(18-20-47)57(7,8)43-29-44(58)31-46(30-43)59-9/h13-22,29-31,36-37,48-49,52H,10-12,23-28,32-35H2,1-8H3,(H,62,70)(H,64,69)/t37-,48+,49-,52+/m0/s1. The highest BCUT2D eigenvalue weighted by molar-refractivity contribution is 7.13. The topological polar surface area (TPSA) is 173 Å². The van der Waals surface area contributed by atoms with E-state index in [1.807, 2.05) is 107 Å². The van der Waals surface area contributed by atoms with E-state index in [2.05, 4.69) is 49.1 Å². The summed E-state index contributed by atoms with van der Waals surface area (Å²) in [6.45, 7) is 27.2. The zero-order valence-corrected chi connectivity index (χ0v) is 45.9. The Labute approximate surface area is 450 Å². The van der Waals surface area contributed by atoms with Crippen LogP contribution < -0.4 is 20.3 Å². The Morgan fingerprint density at radius 2 is 1.64 bits per heavy atom. The van der Waals surface area contributed by atoms with Gasteiger partial charge in [0.25, 0.3) is 0 Å². The second-order valence-electron chi connectivity index (χ2n) is 21.0. The third-order valence-corrected chi connectivity index (χ3v) is 15.1. The lowest BCUT2D eigenvalue weighted by molar-refractivity contribution is -0.147. The Morgan fingerprint density at radius 3 is 2.31 bits per heavy atom. The number of thiazole rings is 1. The van der Waals surface area contributed by atoms with Crippen LogP contribution in [0.5, 0.6) is 5.75 Å². The third kappa shape index (κ3) is 15.1. The number of hydrogen-bond acceptors (Lipinski definition) is 13. The van der Waals surface area contributed by atoms with Gasteiger partial charge in [-0.1, -0.05) is 88.7 Å². The number of ether oxygens (including phenoxy) is 3. The third-order valence-electron chi connectivity index (χ3n) is 13.9. The van der Waals surface area contributed by atoms with E-state index in [1.54, 1.807) is 23.6 Å². The van der Waals surface area contributed by atoms with Crippen molar-refractivity contribution in [3.05, 3.63) is 129 Å². The number of nitrogens with one attached hydrogen (secondary N) is 2. The molecule has 75 heavy (non-hydrogen) atoms. The van der Waals surface area contributed by atoms with Gasteiger partial charge in [0.15, 0.2) is 5.69 Å². The van der Waals surface area contributed by atoms with Crippen LogP contribution in [0.4, 0.5) is 11.6 Å². The molecule has 5 aromatic rings. The van der Waals surface area contributed by atoms with Crippen LogP contribution in [0.3, 0.4) is 0 Å². The summed E-state index contributed by atoms with van der Waals surface area (Å²) in [6, 6.07) is 21.0. The summed E-state index contributed by atoms with van der Waals surface area (Å²) in [5, 5.41) is 6.50. The van der Waals surface area contributed by atoms with Gasteiger partial charge in [-0.2, -0.15) is 0 Å². The van der Waals surface area contributed by atoms with E-state index >= 15 is 0 Å². The summed E-state index contributed by atoms with van der Waals surface area (Å²) in [7, 11) is 0. The molecule has 398 valence electrons. The predicted molar refractivity (Wildman–Crippen MR) is 292 cm³/mol. The van der Waals surface area contributed by atoms with Crippen LogP contribution in [-0.2, 0) is 40.7 Å². The summed E-state index contributed by atoms with van der Waals surface area (Å²) in [6.07, 6.45) is 3.94. The van der Waals surface area contributed by atoms with Gasteiger partial charge in [-0.3, -0.25) is 24.1 Å². The largest absolute Gasteiger partial charge is 0.487 e. The van der Waals surface area contributed by atoms with Crippen LogP contribution in [-0.4, -0.2) is 119 Å². The number of anilines is 1. The first kappa shape index (κ1) is 56.3. The monoisotopic (exact) mass is 1060 g/mol. The number of amides is 3. The van der Waals surface area contributed by atoms with E-state index < -0.39 is 41.4 Å². The molecule has 0 saturated carbocycles. The van der Waals surface area contributed by atoms with Crippen LogP contribution in [0, 0.1) is 18.9 Å². The smallest absolute Gasteiger partial charge is 0.302 e. The molecule has 7 rings (SSSR count). The van der Waals surface area contributed by atoms with E-state index in [0.29, 0.717) is 29.9 Å². The molecular weight excluding hydrogens is 990 g/mol. The number of piperazine rings is 1. The molecule has 4 atom stereocenters. The number of hydrogen-bond donors (Lipinski definition) is 2. The van der Waals surface area contributed by atoms with Gasteiger partial charge in [0.1, 0.15) is 37.2 Å². The van der Waals surface area contributed by atoms with E-state index in [1.165, 1.54) is 11.8 Å². The SMILES string of the molecule is [C-]#[N+]c1cc(Cl)cc(C(C)(C)c2ccc(OCc3ccnc(N4CCN(CCCCCOCC(=O)N[C@H](C(=O)N5C[C@H](OC(C)=O)C[C@H]5C(=O)N[C@@H](C)c5ccc(-c6scnc6C)cc5)C(C)(C)C)CC4)n3)cc2)c1. The van der Waals surface area contributed by atoms with Gasteiger partial charge in [0, 0.05) is 62.8 Å². The quantitative estimate of drug-likeness (QED) is 0.0406. The predicted octanol–water partition coefficient (Wildman–Crippen LogP) is 9.27. The van der Waals surface area contributed by atoms with Crippen LogP contribution in [0.15, 0.2) is 84.5 Å². The van der Waals surface area contributed by atoms with E-state index in [0.717, 1.165) is 96.3 Å². The Hall–Kier alpha value is -6.45. The summed E-state index contributed by atoms with van der Waals surface area (Å²) in [4.78, 5) is 78.0. The van der Waals surface area contributed by atoms with E-state index in [9.17, 15) is 19.2 Å². The molecule has 2 aromatic heterocycles. The minimum absolute atomic E-state index is 0.0274. The number of rotatable bonds is 21. The lowest BCUT2D eigenvalue weighted by atomic mass is 9.78. The lowest BCUT2D eigenvalue weighted by Gasteiger charge is -2.35. The van der Waals surface area contributed by atoms with Gasteiger partial charge in [0.2, 0.25) is 23.7 Å². The Morgan fingerprint density at radius 1 is 0.907 bits per heavy atom. The molecule has 16 nitrogen and oxygen atoms in total. The number of benzene rings is 3. The van der Waals surface area contributed by atoms with Crippen LogP contribution >= 0.6 is 22.9 Å². The number of carbonyl (C=O) groups is 4. The summed E-state index contributed by atoms with van der Waals surface area (Å²) in [5.41, 5.74) is 7.00. The zero-order valence-electron chi connectivity index (χ0n) is 44.4. The maximum absolute atomic E-state index is 14.4. The molecule has 2 aliphatic rings. The molecule has 3 amide bonds. The van der Waals surface area contributed by atoms with E-state index in [4.69, 9.17) is 37.4 Å². The normalized spacial score (nSPS) is 17.0. The summed E-state index contributed by atoms with van der Waals surface area (Å²) < 4.78 is 17.4. The average molecular weight is 1060 g/mol. The molecule has 0 spiro atoms. The number of esters is 1. The fourth-order valence-electron chi connectivity index (χ4n) is 9.48. The molecular formula is C57H70ClN9O7S. The maximum Gasteiger partial charge on any atom is 0.302 e. The molecule has 0 bridgehead atoms. The first-order chi connectivity index (χ1) is 35.8. The highest BCUT2D eigenvalue weighted by Crippen LogP contribution is 2.37. The molecule has 0 radical (unpaired) electrons. The number of aryl methyl sites for hydroxylation is 1. The van der Waals surface area contributed by atoms with Gasteiger partial charge in [-0.05, 0) is 97.7 Å². The number of aromatic nitrogens is 3. The summed E-state index contributed by atoms with van der Waals surface area (Å²) in [5.74, 6) is -0.303. The molecule has 3 aromatic carbocycles. The van der Waals surface area contributed by atoms with Crippen molar-refractivity contribution in [3.8, 4) is 16.2 Å². The number of nitrogens with zero attached hydrogens (tertiary/aromatic N) is 7. The molecule has 2 saturated heterocycles. The molecule has 4 heterocycles. The Bertz CT molecular complexity index is 2800. The van der Waals surface area contributed by atoms with Crippen molar-refractivity contribution in [1.29, 1.82) is 0 Å². The van der Waals surface area contributed by atoms with Gasteiger partial charge in [-0.15, -0.1) is 11.3 Å². The van der Waals surface area contributed by atoms with Crippen molar-refractivity contribution in [3.63, 3.8) is 0 Å². The first-order valence-electron chi connectivity index (χ1n) is 25.7. The maximum atomic E-state index is 14.4. The van der Waals surface area contributed by atoms with Crippen molar-refractivity contribution in [1.82, 2.24) is 35.4 Å². The van der Waals surface area contributed by atoms with Gasteiger partial charge in [0.05, 0.1) is 40.9 Å². The molecule has 2 N–H and O–H groups in total. The van der Waals surface area contributed by atoms with E-state index in [-0.39, 0.29) is 36.9 Å². The molecule has 2 fully saturated rings. The first-order valence-corrected chi connectivity index (χ1v) is 26.9. The van der Waals surface area contributed by atoms with Gasteiger partial charge < -0.3 is 34.6 Å². The van der Waals surface area contributed by atoms with Crippen molar-refractivity contribution in [2.24, 2.45) is 5.41 Å². The highest BCUT2D eigenvalue weighted by Gasteiger charge is 2.46. The number of likely N-dealkylation sites (tertiary alicyclic amines) is 1. The van der Waals surface area contributed by atoms with Crippen LogP contribution in [0.1, 0.15) is 108 Å². The second kappa shape index (κ2) is 25.4. The van der Waals surface area contributed by atoms with Crippen molar-refractivity contribution < 1.29 is 33.4 Å². The number of unbranched alkanes of at least 4 members (excludes halogenated alkanes) is 2. The van der Waals surface area contributed by atoms with Crippen molar-refractivity contribution in [2.75, 3.05) is 57.4 Å². The molecule has 0 aliphatic carbocycles. The second-order valence-corrected chi connectivity index (χ2v) is 22.3. The Kier molecular flexibility index (Phi) is 19.1. The minimum atomic E-state index is -0.970. The van der Waals surface area contributed by atoms with Gasteiger partial charge >= 0.3 is 5.97 Å². The van der Waals surface area contributed by atoms with Crippen LogP contribution in [0.2, 0.25) is 5.02 Å². The summed E-state index contributed by atoms with van der Waals surface area (Å²) >= 11 is 7.89. The fourth-order valence-corrected chi connectivity index (χ4v) is 10.5. The highest BCUT2D eigenvalue weighted by atomic mass is 35.5. The zero-order chi connectivity index (χ0) is 53.9. The van der Waals surface area contributed by atoms with Crippen molar-refractivity contribution >= 4 is 58.3 Å². The van der Waals surface area contributed by atoms with Crippen molar-refractivity contribution in [2.45, 2.75) is 117 Å². The molecule has 0 unspecified atom stereocenters. The average Bonchev–Trinajstić information content (AvgIpc) is 4.02. The lowest BCUT2D eigenvalue weighted by Crippen LogP contribution is -2.58. The van der Waals surface area contributed by atoms with Crippen LogP contribution in [0.25, 0.3) is 15.3 Å².